The monoisotopic (exact) mass is 436 g/mol. The molecule has 158 valence electrons. The first-order chi connectivity index (χ1) is 15.1. The number of nitrogens with zero attached hydrogens (tertiary/aromatic N) is 1. The third-order valence-electron chi connectivity index (χ3n) is 4.84. The molecule has 7 heteroatoms. The van der Waals surface area contributed by atoms with Gasteiger partial charge >= 0.3 is 0 Å². The lowest BCUT2D eigenvalue weighted by Gasteiger charge is -2.30. The van der Waals surface area contributed by atoms with Crippen LogP contribution in [0.25, 0.3) is 0 Å². The highest BCUT2D eigenvalue weighted by atomic mass is 35.5. The van der Waals surface area contributed by atoms with Crippen molar-refractivity contribution in [2.75, 3.05) is 30.0 Å². The molecule has 1 heterocycles. The Balaban J connectivity index is 1.42. The molecule has 0 radical (unpaired) electrons. The summed E-state index contributed by atoms with van der Waals surface area (Å²) in [5, 5.41) is 3.40. The van der Waals surface area contributed by atoms with Gasteiger partial charge in [-0.25, -0.2) is 0 Å². The van der Waals surface area contributed by atoms with Crippen LogP contribution in [-0.4, -0.2) is 31.6 Å². The van der Waals surface area contributed by atoms with E-state index in [-0.39, 0.29) is 25.0 Å². The van der Waals surface area contributed by atoms with Crippen molar-refractivity contribution in [3.05, 3.63) is 83.4 Å². The van der Waals surface area contributed by atoms with Crippen LogP contribution in [0.5, 0.6) is 11.5 Å². The molecule has 0 saturated carbocycles. The average Bonchev–Trinajstić information content (AvgIpc) is 2.79. The molecular weight excluding hydrogens is 416 g/mol. The van der Waals surface area contributed by atoms with Crippen LogP contribution in [-0.2, 0) is 16.0 Å². The highest BCUT2D eigenvalue weighted by Crippen LogP contribution is 2.34. The second-order valence-corrected chi connectivity index (χ2v) is 7.48. The average molecular weight is 437 g/mol. The van der Waals surface area contributed by atoms with E-state index in [9.17, 15) is 9.59 Å². The predicted octanol–water partition coefficient (Wildman–Crippen LogP) is 4.33. The van der Waals surface area contributed by atoms with Crippen LogP contribution < -0.4 is 19.7 Å². The number of hydrogen-bond acceptors (Lipinski definition) is 4. The van der Waals surface area contributed by atoms with Gasteiger partial charge in [0, 0.05) is 17.3 Å². The number of carbonyl (C=O) groups is 2. The third kappa shape index (κ3) is 5.35. The number of amides is 2. The quantitative estimate of drug-likeness (QED) is 0.598. The smallest absolute Gasteiger partial charge is 0.265 e. The fraction of sp³-hybridized carbons (Fsp3) is 0.167. The van der Waals surface area contributed by atoms with E-state index >= 15 is 0 Å². The first kappa shape index (κ1) is 20.8. The standard InChI is InChI=1S/C24H21ClN2O4/c25-18-6-9-20(10-7-18)30-15-23(28)26-19-8-11-22-21(14-19)27(24(29)16-31-22)13-12-17-4-2-1-3-5-17/h1-11,14H,12-13,15-16H2,(H,26,28). The first-order valence-corrected chi connectivity index (χ1v) is 10.3. The lowest BCUT2D eigenvalue weighted by atomic mass is 10.1. The molecule has 0 fully saturated rings. The number of halogens is 1. The molecule has 6 nitrogen and oxygen atoms in total. The molecule has 1 N–H and O–H groups in total. The molecule has 2 amide bonds. The van der Waals surface area contributed by atoms with Gasteiger partial charge in [0.05, 0.1) is 5.69 Å². The van der Waals surface area contributed by atoms with Crippen LogP contribution in [0.15, 0.2) is 72.8 Å². The summed E-state index contributed by atoms with van der Waals surface area (Å²) in [4.78, 5) is 26.5. The highest BCUT2D eigenvalue weighted by Gasteiger charge is 2.25. The van der Waals surface area contributed by atoms with Crippen molar-refractivity contribution in [1.82, 2.24) is 0 Å². The minimum atomic E-state index is -0.311. The summed E-state index contributed by atoms with van der Waals surface area (Å²) < 4.78 is 11.0. The summed E-state index contributed by atoms with van der Waals surface area (Å²) in [5.41, 5.74) is 2.35. The van der Waals surface area contributed by atoms with Crippen LogP contribution in [0.3, 0.4) is 0 Å². The maximum Gasteiger partial charge on any atom is 0.265 e. The summed E-state index contributed by atoms with van der Waals surface area (Å²) in [5.74, 6) is 0.742. The highest BCUT2D eigenvalue weighted by molar-refractivity contribution is 6.30. The van der Waals surface area contributed by atoms with Crippen LogP contribution in [0.1, 0.15) is 5.56 Å². The number of nitrogens with one attached hydrogen (secondary N) is 1. The van der Waals surface area contributed by atoms with E-state index in [0.29, 0.717) is 34.4 Å². The van der Waals surface area contributed by atoms with Gasteiger partial charge in [0.25, 0.3) is 11.8 Å². The molecule has 1 aliphatic heterocycles. The Morgan fingerprint density at radius 1 is 1.06 bits per heavy atom. The molecule has 3 aromatic carbocycles. The predicted molar refractivity (Wildman–Crippen MR) is 120 cm³/mol. The van der Waals surface area contributed by atoms with Crippen molar-refractivity contribution >= 4 is 34.8 Å². The summed E-state index contributed by atoms with van der Waals surface area (Å²) in [7, 11) is 0. The van der Waals surface area contributed by atoms with Gasteiger partial charge in [-0.2, -0.15) is 0 Å². The van der Waals surface area contributed by atoms with Crippen molar-refractivity contribution in [2.45, 2.75) is 6.42 Å². The molecule has 0 unspecified atom stereocenters. The zero-order valence-electron chi connectivity index (χ0n) is 16.7. The number of rotatable bonds is 7. The van der Waals surface area contributed by atoms with E-state index in [1.807, 2.05) is 30.3 Å². The van der Waals surface area contributed by atoms with Crippen molar-refractivity contribution < 1.29 is 19.1 Å². The fourth-order valence-electron chi connectivity index (χ4n) is 3.29. The van der Waals surface area contributed by atoms with Crippen molar-refractivity contribution in [2.24, 2.45) is 0 Å². The van der Waals surface area contributed by atoms with Crippen molar-refractivity contribution in [3.63, 3.8) is 0 Å². The largest absolute Gasteiger partial charge is 0.484 e. The van der Waals surface area contributed by atoms with Crippen LogP contribution >= 0.6 is 11.6 Å². The molecule has 3 aromatic rings. The number of anilines is 2. The number of benzene rings is 3. The normalized spacial score (nSPS) is 12.7. The zero-order valence-corrected chi connectivity index (χ0v) is 17.5. The summed E-state index contributed by atoms with van der Waals surface area (Å²) in [6, 6.07) is 22.0. The molecule has 1 aliphatic rings. The molecule has 0 aromatic heterocycles. The molecule has 4 rings (SSSR count). The number of hydrogen-bond donors (Lipinski definition) is 1. The van der Waals surface area contributed by atoms with Gasteiger partial charge in [-0.05, 0) is 54.4 Å². The maximum atomic E-state index is 12.5. The van der Waals surface area contributed by atoms with Gasteiger partial charge in [-0.1, -0.05) is 41.9 Å². The molecule has 31 heavy (non-hydrogen) atoms. The molecular formula is C24H21ClN2O4. The number of ether oxygens (including phenoxy) is 2. The van der Waals surface area contributed by atoms with Gasteiger partial charge in [0.2, 0.25) is 0 Å². The molecule has 0 spiro atoms. The molecule has 0 atom stereocenters. The first-order valence-electron chi connectivity index (χ1n) is 9.88. The van der Waals surface area contributed by atoms with E-state index in [4.69, 9.17) is 21.1 Å². The molecule has 0 saturated heterocycles. The van der Waals surface area contributed by atoms with E-state index < -0.39 is 0 Å². The van der Waals surface area contributed by atoms with Gasteiger partial charge in [0.15, 0.2) is 13.2 Å². The van der Waals surface area contributed by atoms with Crippen LogP contribution in [0, 0.1) is 0 Å². The van der Waals surface area contributed by atoms with Gasteiger partial charge in [0.1, 0.15) is 11.5 Å². The number of carbonyl (C=O) groups excluding carboxylic acids is 2. The van der Waals surface area contributed by atoms with Crippen molar-refractivity contribution in [1.29, 1.82) is 0 Å². The maximum absolute atomic E-state index is 12.5. The van der Waals surface area contributed by atoms with E-state index in [0.717, 1.165) is 12.0 Å². The lowest BCUT2D eigenvalue weighted by molar-refractivity contribution is -0.121. The Labute approximate surface area is 185 Å². The van der Waals surface area contributed by atoms with E-state index in [1.54, 1.807) is 47.4 Å². The zero-order chi connectivity index (χ0) is 21.6. The lowest BCUT2D eigenvalue weighted by Crippen LogP contribution is -2.40. The summed E-state index contributed by atoms with van der Waals surface area (Å²) in [6.07, 6.45) is 0.720. The second-order valence-electron chi connectivity index (χ2n) is 7.04. The van der Waals surface area contributed by atoms with E-state index in [2.05, 4.69) is 5.32 Å². The summed E-state index contributed by atoms with van der Waals surface area (Å²) >= 11 is 5.85. The van der Waals surface area contributed by atoms with Crippen molar-refractivity contribution in [3.8, 4) is 11.5 Å². The SMILES string of the molecule is O=C(COc1ccc(Cl)cc1)Nc1ccc2c(c1)N(CCc1ccccc1)C(=O)CO2. The second kappa shape index (κ2) is 9.53. The van der Waals surface area contributed by atoms with Gasteiger partial charge < -0.3 is 19.7 Å². The topological polar surface area (TPSA) is 67.9 Å². The van der Waals surface area contributed by atoms with Gasteiger partial charge in [-0.15, -0.1) is 0 Å². The Morgan fingerprint density at radius 2 is 1.84 bits per heavy atom. The minimum absolute atomic E-state index is 0.00241. The Morgan fingerprint density at radius 3 is 2.61 bits per heavy atom. The molecule has 0 bridgehead atoms. The molecule has 0 aliphatic carbocycles. The Kier molecular flexibility index (Phi) is 6.38. The summed E-state index contributed by atoms with van der Waals surface area (Å²) in [6.45, 7) is 0.380. The van der Waals surface area contributed by atoms with E-state index in [1.165, 1.54) is 0 Å². The fourth-order valence-corrected chi connectivity index (χ4v) is 3.41. The van der Waals surface area contributed by atoms with Crippen LogP contribution in [0.4, 0.5) is 11.4 Å². The minimum Gasteiger partial charge on any atom is -0.484 e. The number of fused-ring (bicyclic) bond motifs is 1. The van der Waals surface area contributed by atoms with Crippen LogP contribution in [0.2, 0.25) is 5.02 Å². The Hall–Kier alpha value is -3.51. The third-order valence-corrected chi connectivity index (χ3v) is 5.09. The Bertz CT molecular complexity index is 1070. The van der Waals surface area contributed by atoms with Gasteiger partial charge in [-0.3, -0.25) is 9.59 Å².